The van der Waals surface area contributed by atoms with Crippen LogP contribution in [-0.2, 0) is 4.79 Å². The minimum atomic E-state index is -0.0938. The first-order valence-electron chi connectivity index (χ1n) is 5.78. The lowest BCUT2D eigenvalue weighted by molar-refractivity contribution is -0.114. The molecule has 1 amide bonds. The predicted octanol–water partition coefficient (Wildman–Crippen LogP) is 2.07. The molecule has 6 nitrogen and oxygen atoms in total. The number of rotatable bonds is 3. The molecule has 2 rings (SSSR count). The van der Waals surface area contributed by atoms with Crippen LogP contribution in [0.2, 0.25) is 0 Å². The van der Waals surface area contributed by atoms with Gasteiger partial charge in [0.2, 0.25) is 11.9 Å². The molecule has 19 heavy (non-hydrogen) atoms. The normalized spacial score (nSPS) is 10.0. The Kier molecular flexibility index (Phi) is 3.61. The molecule has 6 heteroatoms. The minimum absolute atomic E-state index is 0.0938. The molecular weight excluding hydrogens is 242 g/mol. The second-order valence-electron chi connectivity index (χ2n) is 4.14. The van der Waals surface area contributed by atoms with Crippen molar-refractivity contribution in [1.29, 1.82) is 0 Å². The summed E-state index contributed by atoms with van der Waals surface area (Å²) in [7, 11) is 0. The van der Waals surface area contributed by atoms with Crippen LogP contribution in [0.15, 0.2) is 30.5 Å². The van der Waals surface area contributed by atoms with Gasteiger partial charge in [-0.25, -0.2) is 4.98 Å². The standard InChI is InChI=1S/C13H15N5O/c1-8-7-10(16-9(2)19)3-4-11(8)17-12-5-6-15-13(14)18-12/h3-7H,1-2H3,(H,16,19)(H3,14,15,17,18). The molecular formula is C13H15N5O. The van der Waals surface area contributed by atoms with Gasteiger partial charge in [-0.1, -0.05) is 0 Å². The second kappa shape index (κ2) is 5.34. The molecule has 0 atom stereocenters. The van der Waals surface area contributed by atoms with Gasteiger partial charge in [-0.3, -0.25) is 4.79 Å². The molecule has 0 bridgehead atoms. The van der Waals surface area contributed by atoms with Gasteiger partial charge in [0.1, 0.15) is 5.82 Å². The quantitative estimate of drug-likeness (QED) is 0.782. The van der Waals surface area contributed by atoms with Crippen LogP contribution in [0.5, 0.6) is 0 Å². The van der Waals surface area contributed by atoms with Gasteiger partial charge in [0, 0.05) is 24.5 Å². The maximum absolute atomic E-state index is 11.0. The molecule has 1 aromatic heterocycles. The third-order valence-corrected chi connectivity index (χ3v) is 2.48. The zero-order valence-electron chi connectivity index (χ0n) is 10.8. The van der Waals surface area contributed by atoms with Crippen LogP contribution in [0.4, 0.5) is 23.1 Å². The molecule has 0 spiro atoms. The van der Waals surface area contributed by atoms with Gasteiger partial charge in [0.15, 0.2) is 0 Å². The Morgan fingerprint density at radius 1 is 1.32 bits per heavy atom. The van der Waals surface area contributed by atoms with Gasteiger partial charge in [-0.05, 0) is 36.8 Å². The highest BCUT2D eigenvalue weighted by atomic mass is 16.1. The van der Waals surface area contributed by atoms with E-state index in [1.165, 1.54) is 6.92 Å². The summed E-state index contributed by atoms with van der Waals surface area (Å²) in [5, 5.41) is 5.88. The molecule has 0 aliphatic heterocycles. The van der Waals surface area contributed by atoms with Crippen molar-refractivity contribution >= 4 is 29.0 Å². The van der Waals surface area contributed by atoms with E-state index in [2.05, 4.69) is 20.6 Å². The maximum atomic E-state index is 11.0. The number of nitrogens with zero attached hydrogens (tertiary/aromatic N) is 2. The van der Waals surface area contributed by atoms with E-state index in [1.807, 2.05) is 25.1 Å². The number of nitrogen functional groups attached to an aromatic ring is 1. The number of benzene rings is 1. The lowest BCUT2D eigenvalue weighted by Crippen LogP contribution is -2.06. The minimum Gasteiger partial charge on any atom is -0.368 e. The Bertz CT molecular complexity index is 612. The molecule has 0 saturated carbocycles. The van der Waals surface area contributed by atoms with Crippen LogP contribution in [-0.4, -0.2) is 15.9 Å². The molecule has 98 valence electrons. The number of carbonyl (C=O) groups is 1. The number of amides is 1. The predicted molar refractivity (Wildman–Crippen MR) is 75.2 cm³/mol. The highest BCUT2D eigenvalue weighted by molar-refractivity contribution is 5.89. The van der Waals surface area contributed by atoms with Crippen molar-refractivity contribution in [3.63, 3.8) is 0 Å². The lowest BCUT2D eigenvalue weighted by atomic mass is 10.1. The fourth-order valence-electron chi connectivity index (χ4n) is 1.67. The molecule has 0 saturated heterocycles. The molecule has 2 aromatic rings. The van der Waals surface area contributed by atoms with Crippen LogP contribution in [0.1, 0.15) is 12.5 Å². The molecule has 1 aromatic carbocycles. The number of aryl methyl sites for hydroxylation is 1. The van der Waals surface area contributed by atoms with Crippen LogP contribution < -0.4 is 16.4 Å². The largest absolute Gasteiger partial charge is 0.368 e. The third-order valence-electron chi connectivity index (χ3n) is 2.48. The van der Waals surface area contributed by atoms with Gasteiger partial charge in [-0.2, -0.15) is 4.98 Å². The summed E-state index contributed by atoms with van der Waals surface area (Å²) in [6.45, 7) is 3.42. The monoisotopic (exact) mass is 257 g/mol. The molecule has 0 unspecified atom stereocenters. The second-order valence-corrected chi connectivity index (χ2v) is 4.14. The summed E-state index contributed by atoms with van der Waals surface area (Å²) < 4.78 is 0. The first-order chi connectivity index (χ1) is 9.04. The van der Waals surface area contributed by atoms with E-state index >= 15 is 0 Å². The van der Waals surface area contributed by atoms with Crippen LogP contribution in [0, 0.1) is 6.92 Å². The summed E-state index contributed by atoms with van der Waals surface area (Å²) in [6, 6.07) is 7.31. The van der Waals surface area contributed by atoms with Crippen molar-refractivity contribution in [3.05, 3.63) is 36.0 Å². The number of nitrogens with one attached hydrogen (secondary N) is 2. The summed E-state index contributed by atoms with van der Waals surface area (Å²) in [6.07, 6.45) is 1.59. The van der Waals surface area contributed by atoms with Crippen molar-refractivity contribution in [3.8, 4) is 0 Å². The molecule has 0 radical (unpaired) electrons. The van der Waals surface area contributed by atoms with E-state index in [-0.39, 0.29) is 11.9 Å². The Labute approximate surface area is 111 Å². The smallest absolute Gasteiger partial charge is 0.221 e. The van der Waals surface area contributed by atoms with Gasteiger partial charge >= 0.3 is 0 Å². The number of carbonyl (C=O) groups excluding carboxylic acids is 1. The molecule has 1 heterocycles. The number of aromatic nitrogens is 2. The average Bonchev–Trinajstić information content (AvgIpc) is 2.32. The Balaban J connectivity index is 2.19. The molecule has 0 aliphatic rings. The van der Waals surface area contributed by atoms with Crippen LogP contribution in [0.25, 0.3) is 0 Å². The van der Waals surface area contributed by atoms with Gasteiger partial charge < -0.3 is 16.4 Å². The topological polar surface area (TPSA) is 92.9 Å². The van der Waals surface area contributed by atoms with E-state index in [9.17, 15) is 4.79 Å². The highest BCUT2D eigenvalue weighted by Gasteiger charge is 2.03. The summed E-state index contributed by atoms with van der Waals surface area (Å²) in [4.78, 5) is 18.9. The fraction of sp³-hybridized carbons (Fsp3) is 0.154. The van der Waals surface area contributed by atoms with Crippen molar-refractivity contribution in [1.82, 2.24) is 9.97 Å². The van der Waals surface area contributed by atoms with E-state index in [4.69, 9.17) is 5.73 Å². The summed E-state index contributed by atoms with van der Waals surface area (Å²) >= 11 is 0. The van der Waals surface area contributed by atoms with Crippen LogP contribution >= 0.6 is 0 Å². The van der Waals surface area contributed by atoms with Crippen molar-refractivity contribution in [2.24, 2.45) is 0 Å². The van der Waals surface area contributed by atoms with Crippen LogP contribution in [0.3, 0.4) is 0 Å². The first kappa shape index (κ1) is 12.8. The third kappa shape index (κ3) is 3.41. The SMILES string of the molecule is CC(=O)Nc1ccc(Nc2ccnc(N)n2)c(C)c1. The van der Waals surface area contributed by atoms with Crippen molar-refractivity contribution in [2.45, 2.75) is 13.8 Å². The number of nitrogens with two attached hydrogens (primary N) is 1. The Hall–Kier alpha value is -2.63. The summed E-state index contributed by atoms with van der Waals surface area (Å²) in [5.41, 5.74) is 8.17. The zero-order valence-corrected chi connectivity index (χ0v) is 10.8. The van der Waals surface area contributed by atoms with E-state index in [0.717, 1.165) is 16.9 Å². The number of anilines is 4. The average molecular weight is 257 g/mol. The number of hydrogen-bond donors (Lipinski definition) is 3. The molecule has 0 aliphatic carbocycles. The summed E-state index contributed by atoms with van der Waals surface area (Å²) in [5.74, 6) is 0.754. The molecule has 4 N–H and O–H groups in total. The zero-order chi connectivity index (χ0) is 13.8. The van der Waals surface area contributed by atoms with E-state index < -0.39 is 0 Å². The van der Waals surface area contributed by atoms with Crippen molar-refractivity contribution in [2.75, 3.05) is 16.4 Å². The maximum Gasteiger partial charge on any atom is 0.221 e. The highest BCUT2D eigenvalue weighted by Crippen LogP contribution is 2.22. The lowest BCUT2D eigenvalue weighted by Gasteiger charge is -2.11. The number of hydrogen-bond acceptors (Lipinski definition) is 5. The van der Waals surface area contributed by atoms with Gasteiger partial charge in [0.25, 0.3) is 0 Å². The first-order valence-corrected chi connectivity index (χ1v) is 5.78. The van der Waals surface area contributed by atoms with E-state index in [1.54, 1.807) is 12.3 Å². The molecule has 0 fully saturated rings. The van der Waals surface area contributed by atoms with Gasteiger partial charge in [-0.15, -0.1) is 0 Å². The fourth-order valence-corrected chi connectivity index (χ4v) is 1.67. The van der Waals surface area contributed by atoms with E-state index in [0.29, 0.717) is 5.82 Å². The Morgan fingerprint density at radius 3 is 2.74 bits per heavy atom. The Morgan fingerprint density at radius 2 is 2.11 bits per heavy atom. The van der Waals surface area contributed by atoms with Gasteiger partial charge in [0.05, 0.1) is 0 Å². The van der Waals surface area contributed by atoms with Crippen molar-refractivity contribution < 1.29 is 4.79 Å².